The molecule has 1 heteroatoms. The van der Waals surface area contributed by atoms with Gasteiger partial charge in [-0.1, -0.05) is 105 Å². The second kappa shape index (κ2) is 10.3. The number of hydrogen-bond acceptors (Lipinski definition) is 1. The van der Waals surface area contributed by atoms with Gasteiger partial charge in [0.25, 0.3) is 0 Å². The lowest BCUT2D eigenvalue weighted by Gasteiger charge is -2.17. The maximum Gasteiger partial charge on any atom is 0.116 e. The van der Waals surface area contributed by atoms with E-state index < -0.39 is 0 Å². The highest BCUT2D eigenvalue weighted by Crippen LogP contribution is 2.28. The summed E-state index contributed by atoms with van der Waals surface area (Å²) in [7, 11) is 0. The van der Waals surface area contributed by atoms with Crippen LogP contribution in [0.3, 0.4) is 0 Å². The van der Waals surface area contributed by atoms with Crippen molar-refractivity contribution in [2.45, 2.75) is 46.5 Å². The average molecular weight is 411 g/mol. The van der Waals surface area contributed by atoms with E-state index in [-0.39, 0.29) is 5.92 Å². The highest BCUT2D eigenvalue weighted by molar-refractivity contribution is 5.70. The SMILES string of the molecule is C=C(Cc1cc(O)cc(/C=C/c2ccc(C)cc2)c1)C(C)c1ccc(CC(C)C)cc1. The van der Waals surface area contributed by atoms with Crippen molar-refractivity contribution in [3.05, 3.63) is 112 Å². The summed E-state index contributed by atoms with van der Waals surface area (Å²) in [5.74, 6) is 1.22. The van der Waals surface area contributed by atoms with E-state index in [1.807, 2.05) is 12.1 Å². The Morgan fingerprint density at radius 2 is 1.48 bits per heavy atom. The minimum Gasteiger partial charge on any atom is -0.508 e. The van der Waals surface area contributed by atoms with E-state index in [1.165, 1.54) is 16.7 Å². The van der Waals surface area contributed by atoms with Gasteiger partial charge in [-0.15, -0.1) is 0 Å². The third-order valence-electron chi connectivity index (χ3n) is 5.71. The van der Waals surface area contributed by atoms with E-state index in [4.69, 9.17) is 0 Å². The van der Waals surface area contributed by atoms with E-state index in [1.54, 1.807) is 6.07 Å². The van der Waals surface area contributed by atoms with Crippen LogP contribution in [0.2, 0.25) is 0 Å². The van der Waals surface area contributed by atoms with Crippen molar-refractivity contribution in [3.8, 4) is 5.75 Å². The van der Waals surface area contributed by atoms with Crippen LogP contribution in [-0.2, 0) is 12.8 Å². The number of phenolic OH excluding ortho intramolecular Hbond substituents is 1. The Bertz CT molecular complexity index is 1040. The van der Waals surface area contributed by atoms with Crippen molar-refractivity contribution in [1.82, 2.24) is 0 Å². The summed E-state index contributed by atoms with van der Waals surface area (Å²) in [6.45, 7) is 13.1. The summed E-state index contributed by atoms with van der Waals surface area (Å²) >= 11 is 0. The van der Waals surface area contributed by atoms with E-state index in [0.29, 0.717) is 11.7 Å². The van der Waals surface area contributed by atoms with Gasteiger partial charge in [-0.3, -0.25) is 0 Å². The maximum absolute atomic E-state index is 10.2. The summed E-state index contributed by atoms with van der Waals surface area (Å²) in [5, 5.41) is 10.2. The molecule has 0 amide bonds. The van der Waals surface area contributed by atoms with Crippen LogP contribution < -0.4 is 0 Å². The van der Waals surface area contributed by atoms with Crippen LogP contribution in [-0.4, -0.2) is 5.11 Å². The molecule has 0 heterocycles. The van der Waals surface area contributed by atoms with Gasteiger partial charge in [0.2, 0.25) is 0 Å². The van der Waals surface area contributed by atoms with Gasteiger partial charge in [0.05, 0.1) is 0 Å². The maximum atomic E-state index is 10.2. The van der Waals surface area contributed by atoms with Gasteiger partial charge in [0, 0.05) is 5.92 Å². The largest absolute Gasteiger partial charge is 0.508 e. The van der Waals surface area contributed by atoms with Gasteiger partial charge in [-0.2, -0.15) is 0 Å². The van der Waals surface area contributed by atoms with Crippen LogP contribution in [0.1, 0.15) is 60.1 Å². The van der Waals surface area contributed by atoms with Gasteiger partial charge in [-0.25, -0.2) is 0 Å². The number of aromatic hydroxyl groups is 1. The lowest BCUT2D eigenvalue weighted by Crippen LogP contribution is -2.02. The molecule has 160 valence electrons. The fourth-order valence-corrected chi connectivity index (χ4v) is 3.83. The number of allylic oxidation sites excluding steroid dienone is 1. The van der Waals surface area contributed by atoms with Gasteiger partial charge >= 0.3 is 0 Å². The predicted octanol–water partition coefficient (Wildman–Crippen LogP) is 7.97. The van der Waals surface area contributed by atoms with Gasteiger partial charge in [0.15, 0.2) is 0 Å². The number of phenols is 1. The first kappa shape index (κ1) is 22.6. The first-order valence-corrected chi connectivity index (χ1v) is 11.1. The molecule has 1 N–H and O–H groups in total. The molecule has 0 bridgehead atoms. The minimum absolute atomic E-state index is 0.266. The molecule has 0 aliphatic carbocycles. The molecule has 0 saturated carbocycles. The Hall–Kier alpha value is -3.06. The van der Waals surface area contributed by atoms with Crippen molar-refractivity contribution in [1.29, 1.82) is 0 Å². The lowest BCUT2D eigenvalue weighted by molar-refractivity contribution is 0.474. The van der Waals surface area contributed by atoms with Crippen molar-refractivity contribution >= 4 is 12.2 Å². The molecule has 0 radical (unpaired) electrons. The molecule has 1 atom stereocenters. The van der Waals surface area contributed by atoms with Crippen molar-refractivity contribution < 1.29 is 5.11 Å². The molecule has 31 heavy (non-hydrogen) atoms. The second-order valence-electron chi connectivity index (χ2n) is 9.07. The molecule has 0 aromatic heterocycles. The van der Waals surface area contributed by atoms with Crippen LogP contribution in [0.15, 0.2) is 78.9 Å². The summed E-state index contributed by atoms with van der Waals surface area (Å²) in [6.07, 6.45) is 5.98. The summed E-state index contributed by atoms with van der Waals surface area (Å²) < 4.78 is 0. The van der Waals surface area contributed by atoms with Crippen molar-refractivity contribution in [2.75, 3.05) is 0 Å². The third kappa shape index (κ3) is 6.72. The monoisotopic (exact) mass is 410 g/mol. The molecule has 0 saturated heterocycles. The number of hydrogen-bond donors (Lipinski definition) is 1. The fourth-order valence-electron chi connectivity index (χ4n) is 3.83. The average Bonchev–Trinajstić information content (AvgIpc) is 2.72. The first-order valence-electron chi connectivity index (χ1n) is 11.1. The molecule has 3 aromatic rings. The number of benzene rings is 3. The molecule has 3 aromatic carbocycles. The summed E-state index contributed by atoms with van der Waals surface area (Å²) in [6, 6.07) is 23.1. The molecule has 1 nitrogen and oxygen atoms in total. The molecule has 0 aliphatic heterocycles. The number of rotatable bonds is 8. The molecule has 0 spiro atoms. The molecule has 1 unspecified atom stereocenters. The summed E-state index contributed by atoms with van der Waals surface area (Å²) in [5.41, 5.74) is 8.29. The zero-order valence-corrected chi connectivity index (χ0v) is 19.2. The van der Waals surface area contributed by atoms with Crippen LogP contribution in [0.5, 0.6) is 5.75 Å². The highest BCUT2D eigenvalue weighted by atomic mass is 16.3. The summed E-state index contributed by atoms with van der Waals surface area (Å²) in [4.78, 5) is 0. The molecule has 0 aliphatic rings. The standard InChI is InChI=1S/C30H34O/c1-21(2)16-26-12-14-29(15-13-26)24(5)23(4)17-28-18-27(19-30(31)20-28)11-10-25-8-6-22(3)7-9-25/h6-15,18-21,24,31H,4,16-17H2,1-3,5H3/b11-10+. The predicted molar refractivity (Wildman–Crippen MR) is 134 cm³/mol. The highest BCUT2D eigenvalue weighted by Gasteiger charge is 2.11. The Kier molecular flexibility index (Phi) is 7.52. The normalized spacial score (nSPS) is 12.4. The molecular weight excluding hydrogens is 376 g/mol. The number of aryl methyl sites for hydroxylation is 1. The van der Waals surface area contributed by atoms with Crippen molar-refractivity contribution in [3.63, 3.8) is 0 Å². The van der Waals surface area contributed by atoms with Crippen molar-refractivity contribution in [2.24, 2.45) is 5.92 Å². The third-order valence-corrected chi connectivity index (χ3v) is 5.71. The van der Waals surface area contributed by atoms with E-state index in [0.717, 1.165) is 35.1 Å². The molecular formula is C30H34O. The van der Waals surface area contributed by atoms with E-state index >= 15 is 0 Å². The first-order chi connectivity index (χ1) is 14.8. The Labute approximate surface area is 187 Å². The zero-order valence-electron chi connectivity index (χ0n) is 19.2. The van der Waals surface area contributed by atoms with E-state index in [2.05, 4.69) is 94.9 Å². The van der Waals surface area contributed by atoms with Crippen LogP contribution in [0.4, 0.5) is 0 Å². The van der Waals surface area contributed by atoms with Crippen LogP contribution >= 0.6 is 0 Å². The molecule has 0 fully saturated rings. The van der Waals surface area contributed by atoms with E-state index in [9.17, 15) is 5.11 Å². The smallest absolute Gasteiger partial charge is 0.116 e. The topological polar surface area (TPSA) is 20.2 Å². The zero-order chi connectivity index (χ0) is 22.4. The molecule has 3 rings (SSSR count). The minimum atomic E-state index is 0.266. The Morgan fingerprint density at radius 3 is 2.13 bits per heavy atom. The van der Waals surface area contributed by atoms with Gasteiger partial charge in [-0.05, 0) is 65.6 Å². The Balaban J connectivity index is 1.69. The Morgan fingerprint density at radius 1 is 0.839 bits per heavy atom. The van der Waals surface area contributed by atoms with Crippen LogP contribution in [0.25, 0.3) is 12.2 Å². The van der Waals surface area contributed by atoms with Gasteiger partial charge in [0.1, 0.15) is 5.75 Å². The second-order valence-corrected chi connectivity index (χ2v) is 9.07. The van der Waals surface area contributed by atoms with Gasteiger partial charge < -0.3 is 5.11 Å². The van der Waals surface area contributed by atoms with Crippen LogP contribution in [0, 0.1) is 12.8 Å². The lowest BCUT2D eigenvalue weighted by atomic mass is 9.88. The quantitative estimate of drug-likeness (QED) is 0.295. The fraction of sp³-hybridized carbons (Fsp3) is 0.267.